The average molecular weight is 315 g/mol. The molecule has 1 unspecified atom stereocenters. The van der Waals surface area contributed by atoms with E-state index in [2.05, 4.69) is 0 Å². The van der Waals surface area contributed by atoms with E-state index in [9.17, 15) is 35.7 Å². The Morgan fingerprint density at radius 3 is 2.00 bits per heavy atom. The van der Waals surface area contributed by atoms with E-state index in [0.717, 1.165) is 0 Å². The van der Waals surface area contributed by atoms with Crippen LogP contribution in [0.15, 0.2) is 0 Å². The van der Waals surface area contributed by atoms with Crippen molar-refractivity contribution >= 4 is 10.9 Å². The van der Waals surface area contributed by atoms with Gasteiger partial charge in [-0.1, -0.05) is 0 Å². The van der Waals surface area contributed by atoms with Gasteiger partial charge in [-0.2, -0.15) is 0 Å². The molecule has 120 valence electrons. The molecule has 9 heteroatoms. The Kier molecular flexibility index (Phi) is 7.12. The molecule has 0 aromatic heterocycles. The molecule has 0 radical (unpaired) electrons. The lowest BCUT2D eigenvalue weighted by Gasteiger charge is -2.25. The number of hydrogen-bond donors (Lipinski definition) is 8. The zero-order valence-electron chi connectivity index (χ0n) is 10.9. The van der Waals surface area contributed by atoms with Crippen LogP contribution in [0.25, 0.3) is 0 Å². The average Bonchev–Trinajstić information content (AvgIpc) is 2.70. The monoisotopic (exact) mass is 315 g/mol. The van der Waals surface area contributed by atoms with Gasteiger partial charge >= 0.3 is 0 Å². The first-order valence-corrected chi connectivity index (χ1v) is 7.92. The molecule has 1 aliphatic heterocycles. The summed E-state index contributed by atoms with van der Waals surface area (Å²) in [5.74, 6) is 0.157. The minimum atomic E-state index is -1.70. The molecule has 1 saturated heterocycles. The Bertz CT molecular complexity index is 294. The first kappa shape index (κ1) is 18.1. The van der Waals surface area contributed by atoms with E-state index in [1.807, 2.05) is 0 Å². The summed E-state index contributed by atoms with van der Waals surface area (Å²) in [4.78, 5) is 0. The summed E-state index contributed by atoms with van der Waals surface area (Å²) in [6.07, 6.45) is -8.42. The van der Waals surface area contributed by atoms with Crippen molar-refractivity contribution in [3.8, 4) is 0 Å². The molecule has 0 saturated carbocycles. The van der Waals surface area contributed by atoms with Crippen LogP contribution in [0.1, 0.15) is 0 Å². The molecule has 0 aromatic carbocycles. The maximum Gasteiger partial charge on any atom is 0.169 e. The molecule has 1 fully saturated rings. The fourth-order valence-electron chi connectivity index (χ4n) is 2.17. The van der Waals surface area contributed by atoms with Crippen LogP contribution in [0.3, 0.4) is 0 Å². The fraction of sp³-hybridized carbons (Fsp3) is 1.00. The third kappa shape index (κ3) is 4.03. The van der Waals surface area contributed by atoms with Crippen molar-refractivity contribution in [3.63, 3.8) is 0 Å². The summed E-state index contributed by atoms with van der Waals surface area (Å²) in [6.45, 7) is -1.11. The van der Waals surface area contributed by atoms with Crippen LogP contribution in [0.2, 0.25) is 0 Å². The van der Waals surface area contributed by atoms with Crippen LogP contribution in [0, 0.1) is 0 Å². The molecule has 0 aliphatic carbocycles. The van der Waals surface area contributed by atoms with Crippen molar-refractivity contribution in [1.29, 1.82) is 0 Å². The number of aliphatic hydroxyl groups is 8. The number of hydrogen-bond acceptors (Lipinski definition) is 8. The van der Waals surface area contributed by atoms with E-state index in [0.29, 0.717) is 0 Å². The molecule has 0 spiro atoms. The van der Waals surface area contributed by atoms with E-state index in [-0.39, 0.29) is 18.1 Å². The molecule has 8 atom stereocenters. The molecule has 20 heavy (non-hydrogen) atoms. The van der Waals surface area contributed by atoms with Crippen molar-refractivity contribution in [1.82, 2.24) is 0 Å². The van der Waals surface area contributed by atoms with E-state index in [1.54, 1.807) is 0 Å². The SMILES string of the molecule is OC[C@@H]1[C@@H](O)[C@H](O)C[S+]1C[C@@H](O)[C@@H](O)[C@@H](O)[C@@H](O)CO. The molecule has 0 bridgehead atoms. The lowest BCUT2D eigenvalue weighted by atomic mass is 10.0. The minimum Gasteiger partial charge on any atom is -0.394 e. The largest absolute Gasteiger partial charge is 0.394 e. The van der Waals surface area contributed by atoms with Gasteiger partial charge in [0.15, 0.2) is 5.25 Å². The van der Waals surface area contributed by atoms with Gasteiger partial charge < -0.3 is 40.9 Å². The minimum absolute atomic E-state index is 0.0320. The molecular formula is C11H23O8S+. The second-order valence-corrected chi connectivity index (χ2v) is 7.30. The quantitative estimate of drug-likeness (QED) is 0.217. The van der Waals surface area contributed by atoms with E-state index < -0.39 is 59.4 Å². The summed E-state index contributed by atoms with van der Waals surface area (Å²) >= 11 is 0. The molecule has 1 aliphatic rings. The van der Waals surface area contributed by atoms with Gasteiger partial charge in [0.05, 0.1) is 13.2 Å². The lowest BCUT2D eigenvalue weighted by molar-refractivity contribution is -0.109. The van der Waals surface area contributed by atoms with Crippen LogP contribution in [-0.2, 0) is 10.9 Å². The van der Waals surface area contributed by atoms with E-state index >= 15 is 0 Å². The zero-order chi connectivity index (χ0) is 15.4. The van der Waals surface area contributed by atoms with Crippen molar-refractivity contribution < 1.29 is 40.9 Å². The Balaban J connectivity index is 2.59. The zero-order valence-corrected chi connectivity index (χ0v) is 11.7. The van der Waals surface area contributed by atoms with Gasteiger partial charge in [0, 0.05) is 10.9 Å². The highest BCUT2D eigenvalue weighted by Gasteiger charge is 2.50. The summed E-state index contributed by atoms with van der Waals surface area (Å²) in [7, 11) is -0.723. The van der Waals surface area contributed by atoms with Crippen molar-refractivity contribution in [3.05, 3.63) is 0 Å². The highest BCUT2D eigenvalue weighted by atomic mass is 32.2. The molecule has 0 amide bonds. The number of rotatable bonds is 7. The van der Waals surface area contributed by atoms with Gasteiger partial charge in [0.2, 0.25) is 0 Å². The Morgan fingerprint density at radius 2 is 1.50 bits per heavy atom. The molecule has 1 heterocycles. The van der Waals surface area contributed by atoms with Crippen molar-refractivity contribution in [2.75, 3.05) is 24.7 Å². The van der Waals surface area contributed by atoms with Crippen molar-refractivity contribution in [2.24, 2.45) is 0 Å². The van der Waals surface area contributed by atoms with Gasteiger partial charge in [-0.15, -0.1) is 0 Å². The second-order valence-electron chi connectivity index (χ2n) is 4.95. The van der Waals surface area contributed by atoms with Crippen molar-refractivity contribution in [2.45, 2.75) is 41.9 Å². The standard InChI is InChI=1S/C11H23O8S/c12-1-5(14)10(18)11(19)7(16)4-20-3-6(15)9(17)8(20)2-13/h5-19H,1-4H2/q+1/t5-,6+,7+,8+,9-,10-,11+,20?/m0/s1. The third-order valence-corrected chi connectivity index (χ3v) is 6.30. The molecule has 8 nitrogen and oxygen atoms in total. The van der Waals surface area contributed by atoms with E-state index in [1.165, 1.54) is 0 Å². The fourth-order valence-corrected chi connectivity index (χ4v) is 4.86. The topological polar surface area (TPSA) is 162 Å². The molecule has 0 aromatic rings. The Morgan fingerprint density at radius 1 is 0.950 bits per heavy atom. The lowest BCUT2D eigenvalue weighted by Crippen LogP contribution is -2.49. The summed E-state index contributed by atoms with van der Waals surface area (Å²) in [5, 5.41) is 74.7. The maximum atomic E-state index is 9.84. The van der Waals surface area contributed by atoms with Crippen LogP contribution >= 0.6 is 0 Å². The van der Waals surface area contributed by atoms with Gasteiger partial charge in [-0.25, -0.2) is 0 Å². The normalized spacial score (nSPS) is 36.6. The molecular weight excluding hydrogens is 292 g/mol. The maximum absolute atomic E-state index is 9.84. The van der Waals surface area contributed by atoms with Crippen LogP contribution in [0.4, 0.5) is 0 Å². The van der Waals surface area contributed by atoms with Gasteiger partial charge in [0.1, 0.15) is 48.1 Å². The smallest absolute Gasteiger partial charge is 0.169 e. The first-order chi connectivity index (χ1) is 9.33. The van der Waals surface area contributed by atoms with Gasteiger partial charge in [0.25, 0.3) is 0 Å². The van der Waals surface area contributed by atoms with Gasteiger partial charge in [-0.05, 0) is 0 Å². The highest BCUT2D eigenvalue weighted by Crippen LogP contribution is 2.25. The first-order valence-electron chi connectivity index (χ1n) is 6.29. The molecule has 1 rings (SSSR count). The van der Waals surface area contributed by atoms with Gasteiger partial charge in [-0.3, -0.25) is 0 Å². The van der Waals surface area contributed by atoms with E-state index in [4.69, 9.17) is 5.11 Å². The predicted molar refractivity (Wildman–Crippen MR) is 71.1 cm³/mol. The second kappa shape index (κ2) is 7.87. The Labute approximate surface area is 119 Å². The third-order valence-electron chi connectivity index (χ3n) is 3.48. The molecule has 8 N–H and O–H groups in total. The predicted octanol–water partition coefficient (Wildman–Crippen LogP) is -4.86. The van der Waals surface area contributed by atoms with Crippen LogP contribution in [-0.4, -0.2) is 107 Å². The Hall–Kier alpha value is 0.0300. The summed E-state index contributed by atoms with van der Waals surface area (Å²) in [5.41, 5.74) is 0. The number of aliphatic hydroxyl groups excluding tert-OH is 8. The van der Waals surface area contributed by atoms with Crippen LogP contribution < -0.4 is 0 Å². The highest BCUT2D eigenvalue weighted by molar-refractivity contribution is 7.97. The van der Waals surface area contributed by atoms with Crippen LogP contribution in [0.5, 0.6) is 0 Å². The summed E-state index contributed by atoms with van der Waals surface area (Å²) < 4.78 is 0. The summed E-state index contributed by atoms with van der Waals surface area (Å²) in [6, 6.07) is 0.